The highest BCUT2D eigenvalue weighted by molar-refractivity contribution is 7.14. The predicted octanol–water partition coefficient (Wildman–Crippen LogP) is 3.56. The minimum atomic E-state index is -0.304. The number of hydrogen-bond donors (Lipinski definition) is 2. The molecule has 2 aromatic carbocycles. The molecular formula is C24H24N4O3S. The second-order valence-electron chi connectivity index (χ2n) is 8.07. The molecule has 1 aromatic heterocycles. The Morgan fingerprint density at radius 3 is 2.66 bits per heavy atom. The average Bonchev–Trinajstić information content (AvgIpc) is 3.31. The van der Waals surface area contributed by atoms with Crippen molar-refractivity contribution in [2.24, 2.45) is 0 Å². The van der Waals surface area contributed by atoms with Gasteiger partial charge in [0.05, 0.1) is 17.5 Å². The molecule has 2 amide bonds. The maximum atomic E-state index is 12.9. The summed E-state index contributed by atoms with van der Waals surface area (Å²) in [5.41, 5.74) is 3.68. The summed E-state index contributed by atoms with van der Waals surface area (Å²) in [6.07, 6.45) is 1.93. The predicted molar refractivity (Wildman–Crippen MR) is 126 cm³/mol. The molecule has 2 N–H and O–H groups in total. The molecule has 3 heterocycles. The van der Waals surface area contributed by atoms with Crippen molar-refractivity contribution in [2.45, 2.75) is 25.4 Å². The average molecular weight is 449 g/mol. The Kier molecular flexibility index (Phi) is 5.63. The van der Waals surface area contributed by atoms with Crippen LogP contribution in [0.2, 0.25) is 0 Å². The van der Waals surface area contributed by atoms with Crippen LogP contribution in [0.5, 0.6) is 0 Å². The Balaban J connectivity index is 1.32. The number of nitrogens with zero attached hydrogens (tertiary/aromatic N) is 3. The number of thiazole rings is 1. The number of para-hydroxylation sites is 2. The highest BCUT2D eigenvalue weighted by Crippen LogP contribution is 2.30. The van der Waals surface area contributed by atoms with Crippen molar-refractivity contribution < 1.29 is 14.7 Å². The molecule has 0 unspecified atom stereocenters. The Bertz CT molecular complexity index is 1150. The van der Waals surface area contributed by atoms with Gasteiger partial charge in [-0.3, -0.25) is 14.5 Å². The number of fused-ring (bicyclic) bond motifs is 1. The van der Waals surface area contributed by atoms with E-state index in [-0.39, 0.29) is 17.9 Å². The monoisotopic (exact) mass is 448 g/mol. The van der Waals surface area contributed by atoms with E-state index in [1.165, 1.54) is 11.3 Å². The molecule has 0 atom stereocenters. The fourth-order valence-corrected chi connectivity index (χ4v) is 5.08. The molecule has 0 radical (unpaired) electrons. The fraction of sp³-hybridized carbons (Fsp3) is 0.292. The smallest absolute Gasteiger partial charge is 0.275 e. The number of benzene rings is 2. The lowest BCUT2D eigenvalue weighted by Crippen LogP contribution is -2.37. The molecule has 0 aliphatic carbocycles. The van der Waals surface area contributed by atoms with Gasteiger partial charge in [0, 0.05) is 30.6 Å². The second kappa shape index (κ2) is 8.72. The topological polar surface area (TPSA) is 85.8 Å². The van der Waals surface area contributed by atoms with Crippen LogP contribution in [0.3, 0.4) is 0 Å². The molecule has 3 aromatic rings. The zero-order chi connectivity index (χ0) is 22.1. The van der Waals surface area contributed by atoms with Crippen molar-refractivity contribution in [2.75, 3.05) is 34.8 Å². The Morgan fingerprint density at radius 2 is 1.81 bits per heavy atom. The van der Waals surface area contributed by atoms with Crippen LogP contribution in [0.15, 0.2) is 53.9 Å². The molecule has 7 nitrogen and oxygen atoms in total. The molecule has 5 rings (SSSR count). The van der Waals surface area contributed by atoms with Gasteiger partial charge in [0.25, 0.3) is 11.8 Å². The Hall–Kier alpha value is -3.23. The summed E-state index contributed by atoms with van der Waals surface area (Å²) in [4.78, 5) is 34.1. The van der Waals surface area contributed by atoms with Gasteiger partial charge in [0.15, 0.2) is 5.13 Å². The molecule has 0 saturated carbocycles. The van der Waals surface area contributed by atoms with Crippen LogP contribution in [-0.2, 0) is 6.42 Å². The van der Waals surface area contributed by atoms with Crippen LogP contribution in [0.4, 0.5) is 16.5 Å². The van der Waals surface area contributed by atoms with Gasteiger partial charge in [-0.25, -0.2) is 4.98 Å². The first-order valence-electron chi connectivity index (χ1n) is 10.8. The standard InChI is InChI=1S/C24H24N4O3S/c29-17-10-12-27(13-11-17)21-8-4-3-7-19(21)25-22(30)20-15-32-24(26-20)28-14-9-16-5-1-2-6-18(16)23(28)31/h1-8,15,17,29H,9-14H2,(H,25,30). The summed E-state index contributed by atoms with van der Waals surface area (Å²) in [7, 11) is 0. The first-order valence-corrected chi connectivity index (χ1v) is 11.7. The molecule has 2 aliphatic heterocycles. The molecule has 32 heavy (non-hydrogen) atoms. The number of rotatable bonds is 4. The van der Waals surface area contributed by atoms with Crippen LogP contribution >= 0.6 is 11.3 Å². The zero-order valence-corrected chi connectivity index (χ0v) is 18.3. The number of carbonyl (C=O) groups excluding carboxylic acids is 2. The van der Waals surface area contributed by atoms with Crippen molar-refractivity contribution in [1.29, 1.82) is 0 Å². The normalized spacial score (nSPS) is 16.7. The summed E-state index contributed by atoms with van der Waals surface area (Å²) in [5, 5.41) is 15.0. The van der Waals surface area contributed by atoms with Gasteiger partial charge in [0.2, 0.25) is 0 Å². The molecule has 1 fully saturated rings. The largest absolute Gasteiger partial charge is 0.393 e. The number of aliphatic hydroxyl groups excluding tert-OH is 1. The van der Waals surface area contributed by atoms with E-state index in [2.05, 4.69) is 15.2 Å². The summed E-state index contributed by atoms with van der Waals surface area (Å²) in [6.45, 7) is 2.04. The number of piperidine rings is 1. The second-order valence-corrected chi connectivity index (χ2v) is 8.91. The van der Waals surface area contributed by atoms with Gasteiger partial charge in [-0.2, -0.15) is 0 Å². The maximum Gasteiger partial charge on any atom is 0.275 e. The van der Waals surface area contributed by atoms with Crippen LogP contribution in [-0.4, -0.2) is 47.6 Å². The van der Waals surface area contributed by atoms with Gasteiger partial charge in [-0.1, -0.05) is 30.3 Å². The van der Waals surface area contributed by atoms with Crippen molar-refractivity contribution in [1.82, 2.24) is 4.98 Å². The number of carbonyl (C=O) groups is 2. The first kappa shape index (κ1) is 20.7. The summed E-state index contributed by atoms with van der Waals surface area (Å²) in [6, 6.07) is 15.3. The molecule has 0 bridgehead atoms. The van der Waals surface area contributed by atoms with Gasteiger partial charge < -0.3 is 15.3 Å². The molecule has 8 heteroatoms. The minimum absolute atomic E-state index is 0.0780. The quantitative estimate of drug-likeness (QED) is 0.638. The number of nitrogens with one attached hydrogen (secondary N) is 1. The van der Waals surface area contributed by atoms with E-state index in [0.29, 0.717) is 41.5 Å². The van der Waals surface area contributed by atoms with Crippen LogP contribution in [0.1, 0.15) is 39.3 Å². The van der Waals surface area contributed by atoms with Crippen molar-refractivity contribution in [3.8, 4) is 0 Å². The lowest BCUT2D eigenvalue weighted by molar-refractivity contribution is 0.0977. The van der Waals surface area contributed by atoms with Crippen molar-refractivity contribution in [3.05, 3.63) is 70.7 Å². The Labute approximate surface area is 190 Å². The third-order valence-corrected chi connectivity index (χ3v) is 6.87. The summed E-state index contributed by atoms with van der Waals surface area (Å²) < 4.78 is 0. The number of amides is 2. The highest BCUT2D eigenvalue weighted by Gasteiger charge is 2.28. The van der Waals surface area contributed by atoms with E-state index in [1.54, 1.807) is 10.3 Å². The zero-order valence-electron chi connectivity index (χ0n) is 17.5. The highest BCUT2D eigenvalue weighted by atomic mass is 32.1. The number of aliphatic hydroxyl groups is 1. The van der Waals surface area contributed by atoms with Gasteiger partial charge in [-0.05, 0) is 43.0 Å². The maximum absolute atomic E-state index is 12.9. The van der Waals surface area contributed by atoms with E-state index < -0.39 is 0 Å². The molecular weight excluding hydrogens is 424 g/mol. The molecule has 164 valence electrons. The van der Waals surface area contributed by atoms with E-state index in [1.807, 2.05) is 48.5 Å². The van der Waals surface area contributed by atoms with Gasteiger partial charge in [-0.15, -0.1) is 11.3 Å². The third kappa shape index (κ3) is 3.99. The van der Waals surface area contributed by atoms with Crippen LogP contribution < -0.4 is 15.1 Å². The molecule has 0 spiro atoms. The van der Waals surface area contributed by atoms with E-state index in [4.69, 9.17) is 0 Å². The third-order valence-electron chi connectivity index (χ3n) is 6.01. The number of hydrogen-bond acceptors (Lipinski definition) is 6. The number of aromatic nitrogens is 1. The van der Waals surface area contributed by atoms with E-state index in [9.17, 15) is 14.7 Å². The van der Waals surface area contributed by atoms with Crippen molar-refractivity contribution >= 4 is 39.7 Å². The summed E-state index contributed by atoms with van der Waals surface area (Å²) >= 11 is 1.30. The molecule has 2 aliphatic rings. The number of anilines is 3. The van der Waals surface area contributed by atoms with Crippen LogP contribution in [0.25, 0.3) is 0 Å². The Morgan fingerprint density at radius 1 is 1.06 bits per heavy atom. The van der Waals surface area contributed by atoms with Gasteiger partial charge >= 0.3 is 0 Å². The summed E-state index contributed by atoms with van der Waals surface area (Å²) in [5.74, 6) is -0.382. The lowest BCUT2D eigenvalue weighted by Gasteiger charge is -2.32. The fourth-order valence-electron chi connectivity index (χ4n) is 4.25. The minimum Gasteiger partial charge on any atom is -0.393 e. The first-order chi connectivity index (χ1) is 15.6. The van der Waals surface area contributed by atoms with Crippen molar-refractivity contribution in [3.63, 3.8) is 0 Å². The SMILES string of the molecule is O=C(Nc1ccccc1N1CCC(O)CC1)c1csc(N2CCc3ccccc3C2=O)n1. The lowest BCUT2D eigenvalue weighted by atomic mass is 10.00. The van der Waals surface area contributed by atoms with E-state index in [0.717, 1.165) is 30.8 Å². The molecule has 1 saturated heterocycles. The van der Waals surface area contributed by atoms with E-state index >= 15 is 0 Å². The van der Waals surface area contributed by atoms with Gasteiger partial charge in [0.1, 0.15) is 5.69 Å². The van der Waals surface area contributed by atoms with Crippen LogP contribution in [0, 0.1) is 0 Å².